The fourth-order valence-corrected chi connectivity index (χ4v) is 3.86. The van der Waals surface area contributed by atoms with Gasteiger partial charge < -0.3 is 20.2 Å². The molecule has 120 valence electrons. The van der Waals surface area contributed by atoms with Crippen molar-refractivity contribution in [2.75, 3.05) is 5.32 Å². The van der Waals surface area contributed by atoms with Crippen molar-refractivity contribution < 1.29 is 19.1 Å². The van der Waals surface area contributed by atoms with Crippen LogP contribution in [0.4, 0.5) is 10.5 Å². The molecule has 1 fully saturated rings. The third kappa shape index (κ3) is 1.99. The topological polar surface area (TPSA) is 104 Å². The number of oxazole rings is 1. The van der Waals surface area contributed by atoms with Gasteiger partial charge in [-0.05, 0) is 31.4 Å². The molecule has 4 rings (SSSR count). The molecule has 2 heterocycles. The van der Waals surface area contributed by atoms with Crippen molar-refractivity contribution >= 4 is 28.8 Å². The number of nitrogens with zero attached hydrogens (tertiary/aromatic N) is 1. The minimum absolute atomic E-state index is 0.222. The van der Waals surface area contributed by atoms with Gasteiger partial charge in [-0.15, -0.1) is 0 Å². The van der Waals surface area contributed by atoms with E-state index >= 15 is 0 Å². The van der Waals surface area contributed by atoms with Gasteiger partial charge in [0.25, 0.3) is 0 Å². The van der Waals surface area contributed by atoms with Crippen molar-refractivity contribution in [3.63, 3.8) is 0 Å². The zero-order chi connectivity index (χ0) is 16.2. The maximum atomic E-state index is 12.1. The number of carboxylic acid groups (broad SMARTS) is 1. The molecular formula is C16H17N3O4. The van der Waals surface area contributed by atoms with Crippen molar-refractivity contribution in [3.8, 4) is 0 Å². The highest BCUT2D eigenvalue weighted by Gasteiger charge is 2.43. The summed E-state index contributed by atoms with van der Waals surface area (Å²) in [6.45, 7) is 1.88. The van der Waals surface area contributed by atoms with Gasteiger partial charge in [-0.3, -0.25) is 0 Å². The second-order valence-corrected chi connectivity index (χ2v) is 6.34. The van der Waals surface area contributed by atoms with Crippen molar-refractivity contribution in [3.05, 3.63) is 23.1 Å². The Morgan fingerprint density at radius 2 is 2.09 bits per heavy atom. The molecule has 2 aliphatic rings. The number of urea groups is 1. The molecule has 1 saturated carbocycles. The third-order valence-corrected chi connectivity index (χ3v) is 4.84. The van der Waals surface area contributed by atoms with E-state index in [-0.39, 0.29) is 11.9 Å². The summed E-state index contributed by atoms with van der Waals surface area (Å²) < 4.78 is 5.54. The summed E-state index contributed by atoms with van der Waals surface area (Å²) in [7, 11) is 0. The first-order valence-corrected chi connectivity index (χ1v) is 7.77. The van der Waals surface area contributed by atoms with Crippen LogP contribution in [-0.2, 0) is 5.54 Å². The normalized spacial score (nSPS) is 19.3. The van der Waals surface area contributed by atoms with Gasteiger partial charge in [-0.25, -0.2) is 14.6 Å². The predicted octanol–water partition coefficient (Wildman–Crippen LogP) is 3.13. The van der Waals surface area contributed by atoms with Crippen LogP contribution in [0.1, 0.15) is 53.9 Å². The van der Waals surface area contributed by atoms with Gasteiger partial charge in [0, 0.05) is 5.56 Å². The molecule has 0 saturated heterocycles. The largest absolute Gasteiger partial charge is 0.474 e. The molecule has 0 radical (unpaired) electrons. The Morgan fingerprint density at radius 1 is 1.35 bits per heavy atom. The van der Waals surface area contributed by atoms with Gasteiger partial charge in [0.15, 0.2) is 5.58 Å². The standard InChI is InChI=1S/C16H17N3O4/c1-8-7-9-12(23-13(17-9)14(20)21)10-11(8)18-15(22)19-16(10)5-3-2-4-6-16/h7H,2-6H2,1H3,(H,20,21)(H2,18,19,22). The maximum absolute atomic E-state index is 12.1. The van der Waals surface area contributed by atoms with Crippen molar-refractivity contribution in [2.24, 2.45) is 0 Å². The van der Waals surface area contributed by atoms with Gasteiger partial charge in [-0.2, -0.15) is 0 Å². The molecule has 1 aromatic heterocycles. The molecule has 7 heteroatoms. The van der Waals surface area contributed by atoms with Crippen LogP contribution in [0, 0.1) is 6.92 Å². The summed E-state index contributed by atoms with van der Waals surface area (Å²) in [4.78, 5) is 27.4. The first-order valence-electron chi connectivity index (χ1n) is 7.77. The number of aromatic carboxylic acids is 1. The maximum Gasteiger partial charge on any atom is 0.392 e. The Balaban J connectivity index is 2.04. The Morgan fingerprint density at radius 3 is 2.78 bits per heavy atom. The first-order chi connectivity index (χ1) is 11.0. The van der Waals surface area contributed by atoms with Gasteiger partial charge in [0.2, 0.25) is 0 Å². The quantitative estimate of drug-likeness (QED) is 0.750. The van der Waals surface area contributed by atoms with E-state index in [0.717, 1.165) is 48.9 Å². The van der Waals surface area contributed by atoms with Gasteiger partial charge in [0.1, 0.15) is 5.52 Å². The van der Waals surface area contributed by atoms with E-state index in [2.05, 4.69) is 15.6 Å². The van der Waals surface area contributed by atoms with Crippen LogP contribution in [0.25, 0.3) is 11.1 Å². The van der Waals surface area contributed by atoms with E-state index in [1.807, 2.05) is 6.92 Å². The number of anilines is 1. The molecule has 1 spiro atoms. The fourth-order valence-electron chi connectivity index (χ4n) is 3.86. The van der Waals surface area contributed by atoms with Crippen LogP contribution in [0.5, 0.6) is 0 Å². The highest BCUT2D eigenvalue weighted by atomic mass is 16.4. The SMILES string of the molecule is Cc1cc2nc(C(=O)O)oc2c2c1NC(=O)NC21CCCCC1. The lowest BCUT2D eigenvalue weighted by Crippen LogP contribution is -2.52. The molecule has 0 bridgehead atoms. The molecule has 2 amide bonds. The number of aryl methyl sites for hydroxylation is 1. The molecular weight excluding hydrogens is 298 g/mol. The fraction of sp³-hybridized carbons (Fsp3) is 0.438. The highest BCUT2D eigenvalue weighted by Crippen LogP contribution is 2.47. The van der Waals surface area contributed by atoms with Crippen LogP contribution in [-0.4, -0.2) is 22.1 Å². The van der Waals surface area contributed by atoms with Crippen LogP contribution in [0.3, 0.4) is 0 Å². The summed E-state index contributed by atoms with van der Waals surface area (Å²) in [5.41, 5.74) is 2.88. The Hall–Kier alpha value is -2.57. The number of nitrogens with one attached hydrogen (secondary N) is 2. The molecule has 0 unspecified atom stereocenters. The Bertz CT molecular complexity index is 833. The molecule has 1 aliphatic heterocycles. The van der Waals surface area contributed by atoms with E-state index in [1.54, 1.807) is 6.07 Å². The van der Waals surface area contributed by atoms with E-state index in [4.69, 9.17) is 9.52 Å². The molecule has 23 heavy (non-hydrogen) atoms. The predicted molar refractivity (Wildman–Crippen MR) is 82.6 cm³/mol. The number of hydrogen-bond acceptors (Lipinski definition) is 4. The second-order valence-electron chi connectivity index (χ2n) is 6.34. The van der Waals surface area contributed by atoms with Crippen LogP contribution in [0.15, 0.2) is 10.5 Å². The Kier molecular flexibility index (Phi) is 2.88. The van der Waals surface area contributed by atoms with Gasteiger partial charge in [-0.1, -0.05) is 19.3 Å². The summed E-state index contributed by atoms with van der Waals surface area (Å²) in [5, 5.41) is 15.1. The van der Waals surface area contributed by atoms with E-state index < -0.39 is 11.5 Å². The van der Waals surface area contributed by atoms with Crippen molar-refractivity contribution in [1.29, 1.82) is 0 Å². The number of hydrogen-bond donors (Lipinski definition) is 3. The second kappa shape index (κ2) is 4.71. The minimum Gasteiger partial charge on any atom is -0.474 e. The van der Waals surface area contributed by atoms with E-state index in [0.29, 0.717) is 11.1 Å². The smallest absolute Gasteiger partial charge is 0.392 e. The molecule has 7 nitrogen and oxygen atoms in total. The van der Waals surface area contributed by atoms with E-state index in [9.17, 15) is 9.59 Å². The lowest BCUT2D eigenvalue weighted by Gasteiger charge is -2.42. The zero-order valence-corrected chi connectivity index (χ0v) is 12.7. The van der Waals surface area contributed by atoms with E-state index in [1.165, 1.54) is 0 Å². The summed E-state index contributed by atoms with van der Waals surface area (Å²) >= 11 is 0. The lowest BCUT2D eigenvalue weighted by atomic mass is 9.74. The molecule has 1 aliphatic carbocycles. The number of benzene rings is 1. The van der Waals surface area contributed by atoms with Gasteiger partial charge >= 0.3 is 17.9 Å². The van der Waals surface area contributed by atoms with Crippen LogP contribution >= 0.6 is 0 Å². The number of carbonyl (C=O) groups excluding carboxylic acids is 1. The monoisotopic (exact) mass is 315 g/mol. The number of aromatic nitrogens is 1. The number of fused-ring (bicyclic) bond motifs is 4. The average Bonchev–Trinajstić information content (AvgIpc) is 2.91. The summed E-state index contributed by atoms with van der Waals surface area (Å²) in [6.07, 6.45) is 4.78. The average molecular weight is 315 g/mol. The lowest BCUT2D eigenvalue weighted by molar-refractivity contribution is 0.0656. The van der Waals surface area contributed by atoms with Crippen LogP contribution in [0.2, 0.25) is 0 Å². The van der Waals surface area contributed by atoms with Crippen molar-refractivity contribution in [2.45, 2.75) is 44.6 Å². The zero-order valence-electron chi connectivity index (χ0n) is 12.7. The number of carbonyl (C=O) groups is 2. The first kappa shape index (κ1) is 14.0. The molecule has 1 aromatic carbocycles. The highest BCUT2D eigenvalue weighted by molar-refractivity contribution is 6.00. The number of amides is 2. The van der Waals surface area contributed by atoms with Gasteiger partial charge in [0.05, 0.1) is 11.2 Å². The molecule has 3 N–H and O–H groups in total. The summed E-state index contributed by atoms with van der Waals surface area (Å²) in [6, 6.07) is 1.53. The minimum atomic E-state index is -1.20. The Labute approximate surface area is 132 Å². The number of carboxylic acids is 1. The molecule has 0 atom stereocenters. The third-order valence-electron chi connectivity index (χ3n) is 4.84. The van der Waals surface area contributed by atoms with Crippen molar-refractivity contribution in [1.82, 2.24) is 10.3 Å². The van der Waals surface area contributed by atoms with Crippen LogP contribution < -0.4 is 10.6 Å². The summed E-state index contributed by atoms with van der Waals surface area (Å²) in [5.74, 6) is -1.52. The molecule has 2 aromatic rings. The number of rotatable bonds is 1.